The molecule has 1 atom stereocenters. The molecule has 4 nitrogen and oxygen atoms in total. The van der Waals surface area contributed by atoms with Crippen LogP contribution in [0.2, 0.25) is 0 Å². The van der Waals surface area contributed by atoms with Crippen LogP contribution in [0.1, 0.15) is 19.8 Å². The summed E-state index contributed by atoms with van der Waals surface area (Å²) in [6.07, 6.45) is 1.00. The van der Waals surface area contributed by atoms with Crippen molar-refractivity contribution < 1.29 is 14.6 Å². The number of carbonyl (C=O) groups excluding carboxylic acids is 1. The highest BCUT2D eigenvalue weighted by Crippen LogP contribution is 2.20. The van der Waals surface area contributed by atoms with E-state index in [0.29, 0.717) is 18.7 Å². The number of ether oxygens (including phenoxy) is 1. The molecule has 0 aliphatic heterocycles. The maximum atomic E-state index is 11.6. The molecule has 5 heteroatoms. The molecule has 1 unspecified atom stereocenters. The molecule has 0 heterocycles. The lowest BCUT2D eigenvalue weighted by molar-refractivity contribution is -0.118. The van der Waals surface area contributed by atoms with Crippen LogP contribution in [-0.4, -0.2) is 36.5 Å². The lowest BCUT2D eigenvalue weighted by Crippen LogP contribution is -2.28. The number of hydrogen-bond donors (Lipinski definition) is 2. The average Bonchev–Trinajstić information content (AvgIpc) is 2.45. The summed E-state index contributed by atoms with van der Waals surface area (Å²) < 4.78 is 5.07. The zero-order valence-electron chi connectivity index (χ0n) is 11.4. The summed E-state index contributed by atoms with van der Waals surface area (Å²) in [4.78, 5) is 12.6. The first kappa shape index (κ1) is 15.9. The summed E-state index contributed by atoms with van der Waals surface area (Å²) in [5.74, 6) is 1.18. The van der Waals surface area contributed by atoms with Gasteiger partial charge in [-0.2, -0.15) is 0 Å². The molecule has 1 aromatic rings. The van der Waals surface area contributed by atoms with Crippen molar-refractivity contribution in [3.63, 3.8) is 0 Å². The third kappa shape index (κ3) is 6.50. The highest BCUT2D eigenvalue weighted by Gasteiger charge is 2.05. The molecule has 1 aromatic carbocycles. The van der Waals surface area contributed by atoms with E-state index in [1.54, 1.807) is 7.11 Å². The smallest absolute Gasteiger partial charge is 0.230 e. The van der Waals surface area contributed by atoms with E-state index in [-0.39, 0.29) is 12.0 Å². The molecule has 0 radical (unpaired) electrons. The highest BCUT2D eigenvalue weighted by atomic mass is 32.2. The zero-order valence-corrected chi connectivity index (χ0v) is 12.2. The van der Waals surface area contributed by atoms with Gasteiger partial charge in [-0.15, -0.1) is 11.8 Å². The predicted octanol–water partition coefficient (Wildman–Crippen LogP) is 2.06. The van der Waals surface area contributed by atoms with Gasteiger partial charge in [0, 0.05) is 11.4 Å². The molecule has 0 fully saturated rings. The van der Waals surface area contributed by atoms with Crippen molar-refractivity contribution in [3.05, 3.63) is 24.3 Å². The number of methoxy groups -OCH3 is 1. The Kier molecular flexibility index (Phi) is 7.36. The summed E-state index contributed by atoms with van der Waals surface area (Å²) in [7, 11) is 1.63. The van der Waals surface area contributed by atoms with Gasteiger partial charge in [0.25, 0.3) is 0 Å². The molecule has 1 amide bonds. The Bertz CT molecular complexity index is 381. The van der Waals surface area contributed by atoms with Gasteiger partial charge in [-0.3, -0.25) is 4.79 Å². The van der Waals surface area contributed by atoms with E-state index in [9.17, 15) is 9.90 Å². The maximum absolute atomic E-state index is 11.6. The van der Waals surface area contributed by atoms with Crippen molar-refractivity contribution in [3.8, 4) is 5.75 Å². The second-order valence-electron chi connectivity index (χ2n) is 4.16. The molecule has 2 N–H and O–H groups in total. The molecule has 0 spiro atoms. The van der Waals surface area contributed by atoms with Crippen LogP contribution in [0.5, 0.6) is 5.75 Å². The van der Waals surface area contributed by atoms with Crippen molar-refractivity contribution in [1.29, 1.82) is 0 Å². The molecule has 0 aliphatic carbocycles. The lowest BCUT2D eigenvalue weighted by atomic mass is 10.2. The molecule has 0 aromatic heterocycles. The number of hydrogen-bond acceptors (Lipinski definition) is 4. The van der Waals surface area contributed by atoms with Gasteiger partial charge < -0.3 is 15.2 Å². The Morgan fingerprint density at radius 1 is 1.42 bits per heavy atom. The predicted molar refractivity (Wildman–Crippen MR) is 77.6 cm³/mol. The van der Waals surface area contributed by atoms with Gasteiger partial charge in [0.05, 0.1) is 19.0 Å². The Morgan fingerprint density at radius 3 is 2.68 bits per heavy atom. The Labute approximate surface area is 118 Å². The Hall–Kier alpha value is -1.20. The van der Waals surface area contributed by atoms with E-state index in [4.69, 9.17) is 4.74 Å². The molecule has 106 valence electrons. The lowest BCUT2D eigenvalue weighted by Gasteiger charge is -2.08. The summed E-state index contributed by atoms with van der Waals surface area (Å²) in [5, 5.41) is 12.2. The number of benzene rings is 1. The standard InChI is InChI=1S/C14H21NO3S/c1-3-11(16)8-9-15-14(17)10-19-13-6-4-12(18-2)5-7-13/h4-7,11,16H,3,8-10H2,1-2H3,(H,15,17). The first-order valence-corrected chi connectivity index (χ1v) is 7.36. The number of thioether (sulfide) groups is 1. The van der Waals surface area contributed by atoms with Crippen LogP contribution in [0.4, 0.5) is 0 Å². The third-order valence-electron chi connectivity index (χ3n) is 2.70. The van der Waals surface area contributed by atoms with Gasteiger partial charge in [-0.25, -0.2) is 0 Å². The van der Waals surface area contributed by atoms with E-state index in [2.05, 4.69) is 5.32 Å². The van der Waals surface area contributed by atoms with Crippen molar-refractivity contribution in [2.24, 2.45) is 0 Å². The highest BCUT2D eigenvalue weighted by molar-refractivity contribution is 8.00. The quantitative estimate of drug-likeness (QED) is 0.717. The molecular weight excluding hydrogens is 262 g/mol. The van der Waals surface area contributed by atoms with Crippen molar-refractivity contribution in [2.45, 2.75) is 30.8 Å². The number of aliphatic hydroxyl groups excluding tert-OH is 1. The number of rotatable bonds is 8. The fraction of sp³-hybridized carbons (Fsp3) is 0.500. The fourth-order valence-electron chi connectivity index (χ4n) is 1.45. The van der Waals surface area contributed by atoms with Gasteiger partial charge in [0.2, 0.25) is 5.91 Å². The molecule has 0 saturated carbocycles. The van der Waals surface area contributed by atoms with Gasteiger partial charge in [0.1, 0.15) is 5.75 Å². The van der Waals surface area contributed by atoms with Crippen LogP contribution >= 0.6 is 11.8 Å². The van der Waals surface area contributed by atoms with E-state index < -0.39 is 0 Å². The second-order valence-corrected chi connectivity index (χ2v) is 5.21. The summed E-state index contributed by atoms with van der Waals surface area (Å²) in [6, 6.07) is 7.60. The number of carbonyl (C=O) groups is 1. The van der Waals surface area contributed by atoms with Gasteiger partial charge in [-0.05, 0) is 37.1 Å². The topological polar surface area (TPSA) is 58.6 Å². The molecule has 0 bridgehead atoms. The summed E-state index contributed by atoms with van der Waals surface area (Å²) in [6.45, 7) is 2.45. The minimum absolute atomic E-state index is 0.0101. The van der Waals surface area contributed by atoms with Gasteiger partial charge >= 0.3 is 0 Å². The Morgan fingerprint density at radius 2 is 2.11 bits per heavy atom. The summed E-state index contributed by atoms with van der Waals surface area (Å²) >= 11 is 1.48. The van der Waals surface area contributed by atoms with Crippen LogP contribution in [-0.2, 0) is 4.79 Å². The SMILES string of the molecule is CCC(O)CCNC(=O)CSc1ccc(OC)cc1. The van der Waals surface area contributed by atoms with Crippen LogP contribution in [0.15, 0.2) is 29.2 Å². The molecule has 1 rings (SSSR count). The first-order chi connectivity index (χ1) is 9.15. The molecular formula is C14H21NO3S. The van der Waals surface area contributed by atoms with E-state index in [0.717, 1.165) is 17.1 Å². The van der Waals surface area contributed by atoms with E-state index in [1.807, 2.05) is 31.2 Å². The third-order valence-corrected chi connectivity index (χ3v) is 3.71. The van der Waals surface area contributed by atoms with Crippen LogP contribution in [0.25, 0.3) is 0 Å². The minimum Gasteiger partial charge on any atom is -0.497 e. The molecule has 0 saturated heterocycles. The average molecular weight is 283 g/mol. The monoisotopic (exact) mass is 283 g/mol. The normalized spacial score (nSPS) is 11.9. The number of nitrogens with one attached hydrogen (secondary N) is 1. The van der Waals surface area contributed by atoms with E-state index >= 15 is 0 Å². The summed E-state index contributed by atoms with van der Waals surface area (Å²) in [5.41, 5.74) is 0. The fourth-order valence-corrected chi connectivity index (χ4v) is 2.18. The number of aliphatic hydroxyl groups is 1. The molecule has 19 heavy (non-hydrogen) atoms. The van der Waals surface area contributed by atoms with Gasteiger partial charge in [0.15, 0.2) is 0 Å². The molecule has 0 aliphatic rings. The second kappa shape index (κ2) is 8.82. The van der Waals surface area contributed by atoms with Crippen molar-refractivity contribution >= 4 is 17.7 Å². The van der Waals surface area contributed by atoms with Crippen LogP contribution in [0.3, 0.4) is 0 Å². The first-order valence-electron chi connectivity index (χ1n) is 6.37. The van der Waals surface area contributed by atoms with Crippen molar-refractivity contribution in [1.82, 2.24) is 5.32 Å². The number of amides is 1. The van der Waals surface area contributed by atoms with Crippen molar-refractivity contribution in [2.75, 3.05) is 19.4 Å². The largest absolute Gasteiger partial charge is 0.497 e. The Balaban J connectivity index is 2.22. The van der Waals surface area contributed by atoms with Crippen LogP contribution in [0, 0.1) is 0 Å². The van der Waals surface area contributed by atoms with Gasteiger partial charge in [-0.1, -0.05) is 6.92 Å². The zero-order chi connectivity index (χ0) is 14.1. The minimum atomic E-state index is -0.324. The van der Waals surface area contributed by atoms with E-state index in [1.165, 1.54) is 11.8 Å². The van der Waals surface area contributed by atoms with Crippen LogP contribution < -0.4 is 10.1 Å². The maximum Gasteiger partial charge on any atom is 0.230 e.